The van der Waals surface area contributed by atoms with Crippen molar-refractivity contribution >= 4 is 5.91 Å². The second kappa shape index (κ2) is 3.53. The van der Waals surface area contributed by atoms with Crippen molar-refractivity contribution in [3.05, 3.63) is 0 Å². The molecule has 1 rings (SSSR count). The molecule has 0 bridgehead atoms. The van der Waals surface area contributed by atoms with Crippen molar-refractivity contribution in [3.63, 3.8) is 0 Å². The maximum atomic E-state index is 12.1. The summed E-state index contributed by atoms with van der Waals surface area (Å²) in [6.07, 6.45) is -4.27. The number of hydrogen-bond acceptors (Lipinski definition) is 2. The molecule has 0 aromatic carbocycles. The standard InChI is InChI=1S/C7H10F3NO2/c8-7(9,10)5-2-1-4(3-5)6(12)11-13/h4-5,13H,1-3H2,(H,11,12). The zero-order valence-electron chi connectivity index (χ0n) is 6.77. The summed E-state index contributed by atoms with van der Waals surface area (Å²) in [5.74, 6) is -2.81. The van der Waals surface area contributed by atoms with Crippen LogP contribution in [-0.2, 0) is 4.79 Å². The lowest BCUT2D eigenvalue weighted by Gasteiger charge is -2.13. The van der Waals surface area contributed by atoms with Crippen LogP contribution in [0.1, 0.15) is 19.3 Å². The first-order valence-electron chi connectivity index (χ1n) is 3.96. The molecule has 6 heteroatoms. The van der Waals surface area contributed by atoms with Gasteiger partial charge in [-0.25, -0.2) is 5.48 Å². The van der Waals surface area contributed by atoms with Crippen LogP contribution in [0.5, 0.6) is 0 Å². The van der Waals surface area contributed by atoms with Gasteiger partial charge in [-0.3, -0.25) is 10.0 Å². The summed E-state index contributed by atoms with van der Waals surface area (Å²) < 4.78 is 36.3. The van der Waals surface area contributed by atoms with Crippen LogP contribution in [0, 0.1) is 11.8 Å². The van der Waals surface area contributed by atoms with Gasteiger partial charge in [-0.1, -0.05) is 0 Å². The topological polar surface area (TPSA) is 49.3 Å². The number of hydroxylamine groups is 1. The molecule has 0 aromatic rings. The van der Waals surface area contributed by atoms with Crippen LogP contribution in [0.3, 0.4) is 0 Å². The smallest absolute Gasteiger partial charge is 0.289 e. The first kappa shape index (κ1) is 10.3. The van der Waals surface area contributed by atoms with Gasteiger partial charge in [0.15, 0.2) is 0 Å². The molecule has 0 aliphatic heterocycles. The predicted molar refractivity (Wildman–Crippen MR) is 36.8 cm³/mol. The summed E-state index contributed by atoms with van der Waals surface area (Å²) in [4.78, 5) is 10.8. The second-order valence-electron chi connectivity index (χ2n) is 3.22. The van der Waals surface area contributed by atoms with Gasteiger partial charge in [0.25, 0.3) is 0 Å². The van der Waals surface area contributed by atoms with Crippen molar-refractivity contribution in [2.45, 2.75) is 25.4 Å². The van der Waals surface area contributed by atoms with Crippen molar-refractivity contribution in [2.75, 3.05) is 0 Å². The van der Waals surface area contributed by atoms with Crippen molar-refractivity contribution in [1.29, 1.82) is 0 Å². The largest absolute Gasteiger partial charge is 0.391 e. The van der Waals surface area contributed by atoms with Crippen LogP contribution >= 0.6 is 0 Å². The lowest BCUT2D eigenvalue weighted by molar-refractivity contribution is -0.173. The molecule has 1 saturated carbocycles. The van der Waals surface area contributed by atoms with Crippen LogP contribution in [0.2, 0.25) is 0 Å². The van der Waals surface area contributed by atoms with E-state index in [4.69, 9.17) is 5.21 Å². The predicted octanol–water partition coefficient (Wildman–Crippen LogP) is 1.47. The van der Waals surface area contributed by atoms with Gasteiger partial charge < -0.3 is 0 Å². The average Bonchev–Trinajstić information content (AvgIpc) is 2.50. The first-order chi connectivity index (χ1) is 5.95. The number of amides is 1. The van der Waals surface area contributed by atoms with Gasteiger partial charge in [0, 0.05) is 5.92 Å². The van der Waals surface area contributed by atoms with E-state index in [2.05, 4.69) is 0 Å². The summed E-state index contributed by atoms with van der Waals surface area (Å²) in [5.41, 5.74) is 1.37. The summed E-state index contributed by atoms with van der Waals surface area (Å²) >= 11 is 0. The van der Waals surface area contributed by atoms with E-state index in [0.29, 0.717) is 0 Å². The van der Waals surface area contributed by atoms with Crippen molar-refractivity contribution < 1.29 is 23.2 Å². The van der Waals surface area contributed by atoms with Gasteiger partial charge >= 0.3 is 6.18 Å². The molecule has 2 N–H and O–H groups in total. The highest BCUT2D eigenvalue weighted by atomic mass is 19.4. The fraction of sp³-hybridized carbons (Fsp3) is 0.857. The van der Waals surface area contributed by atoms with Crippen molar-refractivity contribution in [2.24, 2.45) is 11.8 Å². The fourth-order valence-electron chi connectivity index (χ4n) is 1.61. The lowest BCUT2D eigenvalue weighted by atomic mass is 10.0. The van der Waals surface area contributed by atoms with Crippen molar-refractivity contribution in [3.8, 4) is 0 Å². The minimum atomic E-state index is -4.22. The van der Waals surface area contributed by atoms with Crippen LogP contribution in [0.25, 0.3) is 0 Å². The molecule has 1 aliphatic carbocycles. The molecule has 3 nitrogen and oxygen atoms in total. The summed E-state index contributed by atoms with van der Waals surface area (Å²) in [5, 5.41) is 8.20. The van der Waals surface area contributed by atoms with E-state index in [-0.39, 0.29) is 19.3 Å². The number of hydrogen-bond donors (Lipinski definition) is 2. The third-order valence-electron chi connectivity index (χ3n) is 2.38. The number of rotatable bonds is 1. The Bertz CT molecular complexity index is 204. The fourth-order valence-corrected chi connectivity index (χ4v) is 1.61. The molecule has 0 aromatic heterocycles. The molecule has 13 heavy (non-hydrogen) atoms. The minimum absolute atomic E-state index is 0.0262. The monoisotopic (exact) mass is 197 g/mol. The van der Waals surface area contributed by atoms with E-state index in [1.54, 1.807) is 0 Å². The van der Waals surface area contributed by atoms with Crippen LogP contribution < -0.4 is 5.48 Å². The Morgan fingerprint density at radius 2 is 2.00 bits per heavy atom. The highest BCUT2D eigenvalue weighted by Gasteiger charge is 2.45. The van der Waals surface area contributed by atoms with E-state index >= 15 is 0 Å². The molecule has 76 valence electrons. The molecule has 0 saturated heterocycles. The number of alkyl halides is 3. The van der Waals surface area contributed by atoms with Crippen molar-refractivity contribution in [1.82, 2.24) is 5.48 Å². The first-order valence-corrected chi connectivity index (χ1v) is 3.96. The Hall–Kier alpha value is -0.780. The van der Waals surface area contributed by atoms with Crippen LogP contribution in [0.4, 0.5) is 13.2 Å². The number of carbonyl (C=O) groups excluding carboxylic acids is 1. The van der Waals surface area contributed by atoms with E-state index < -0.39 is 23.9 Å². The Morgan fingerprint density at radius 1 is 1.38 bits per heavy atom. The van der Waals surface area contributed by atoms with Crippen LogP contribution in [-0.4, -0.2) is 17.3 Å². The Labute approximate surface area is 72.9 Å². The Morgan fingerprint density at radius 3 is 2.38 bits per heavy atom. The van der Waals surface area contributed by atoms with Crippen LogP contribution in [0.15, 0.2) is 0 Å². The van der Waals surface area contributed by atoms with Gasteiger partial charge in [0.2, 0.25) is 5.91 Å². The molecule has 0 spiro atoms. The highest BCUT2D eigenvalue weighted by molar-refractivity contribution is 5.77. The molecule has 1 amide bonds. The average molecular weight is 197 g/mol. The molecular formula is C7H10F3NO2. The molecule has 0 radical (unpaired) electrons. The number of halogens is 3. The summed E-state index contributed by atoms with van der Waals surface area (Å²) in [6.45, 7) is 0. The Kier molecular flexibility index (Phi) is 2.80. The normalized spacial score (nSPS) is 28.9. The second-order valence-corrected chi connectivity index (χ2v) is 3.22. The van der Waals surface area contributed by atoms with Gasteiger partial charge in [-0.15, -0.1) is 0 Å². The Balaban J connectivity index is 2.50. The van der Waals surface area contributed by atoms with E-state index in [0.717, 1.165) is 0 Å². The SMILES string of the molecule is O=C(NO)C1CCC(C(F)(F)F)C1. The zero-order chi connectivity index (χ0) is 10.1. The minimum Gasteiger partial charge on any atom is -0.289 e. The van der Waals surface area contributed by atoms with E-state index in [9.17, 15) is 18.0 Å². The summed E-state index contributed by atoms with van der Waals surface area (Å²) in [7, 11) is 0. The molecule has 2 unspecified atom stereocenters. The molecule has 1 fully saturated rings. The molecule has 1 aliphatic rings. The molecule has 0 heterocycles. The highest BCUT2D eigenvalue weighted by Crippen LogP contribution is 2.41. The van der Waals surface area contributed by atoms with E-state index in [1.165, 1.54) is 5.48 Å². The van der Waals surface area contributed by atoms with Gasteiger partial charge in [-0.05, 0) is 19.3 Å². The van der Waals surface area contributed by atoms with E-state index in [1.807, 2.05) is 0 Å². The summed E-state index contributed by atoms with van der Waals surface area (Å²) in [6, 6.07) is 0. The molecule has 2 atom stereocenters. The van der Waals surface area contributed by atoms with Gasteiger partial charge in [0.1, 0.15) is 0 Å². The van der Waals surface area contributed by atoms with Gasteiger partial charge in [0.05, 0.1) is 5.92 Å². The maximum absolute atomic E-state index is 12.1. The zero-order valence-corrected chi connectivity index (χ0v) is 6.77. The number of nitrogens with one attached hydrogen (secondary N) is 1. The van der Waals surface area contributed by atoms with Gasteiger partial charge in [-0.2, -0.15) is 13.2 Å². The third-order valence-corrected chi connectivity index (χ3v) is 2.38. The lowest BCUT2D eigenvalue weighted by Crippen LogP contribution is -2.27. The third kappa shape index (κ3) is 2.33. The maximum Gasteiger partial charge on any atom is 0.391 e. The quantitative estimate of drug-likeness (QED) is 0.494. The molecular weight excluding hydrogens is 187 g/mol. The number of carbonyl (C=O) groups is 1.